The van der Waals surface area contributed by atoms with Gasteiger partial charge in [-0.05, 0) is 41.9 Å². The number of rotatable bonds is 2. The molecule has 2 nitrogen and oxygen atoms in total. The van der Waals surface area contributed by atoms with E-state index in [1.807, 2.05) is 28.8 Å². The first-order valence-electron chi connectivity index (χ1n) is 6.58. The van der Waals surface area contributed by atoms with Gasteiger partial charge in [0.1, 0.15) is 0 Å². The molecule has 0 saturated heterocycles. The molecule has 0 unspecified atom stereocenters. The molecule has 0 bridgehead atoms. The van der Waals surface area contributed by atoms with Crippen LogP contribution in [-0.2, 0) is 0 Å². The van der Waals surface area contributed by atoms with Crippen LogP contribution in [0.15, 0.2) is 42.5 Å². The van der Waals surface area contributed by atoms with E-state index in [0.717, 1.165) is 16.7 Å². The van der Waals surface area contributed by atoms with Crippen LogP contribution in [-0.4, -0.2) is 9.55 Å². The number of halogens is 1. The van der Waals surface area contributed by atoms with Crippen LogP contribution in [0, 0.1) is 4.77 Å². The zero-order valence-corrected chi connectivity index (χ0v) is 12.9. The Balaban J connectivity index is 2.42. The standard InChI is InChI=1S/C16H15ClN2S/c1-10(2)11-6-3-4-9-14(11)19-15-12(17)7-5-8-13(15)18-16(19)20/h3-10H,1-2H3,(H,18,20). The van der Waals surface area contributed by atoms with E-state index >= 15 is 0 Å². The molecule has 1 aromatic heterocycles. The summed E-state index contributed by atoms with van der Waals surface area (Å²) in [6.45, 7) is 4.36. The van der Waals surface area contributed by atoms with Crippen LogP contribution in [0.2, 0.25) is 5.02 Å². The molecule has 0 radical (unpaired) electrons. The van der Waals surface area contributed by atoms with Crippen LogP contribution in [0.4, 0.5) is 0 Å². The van der Waals surface area contributed by atoms with E-state index < -0.39 is 0 Å². The minimum absolute atomic E-state index is 0.417. The molecule has 0 fully saturated rings. The highest BCUT2D eigenvalue weighted by atomic mass is 35.5. The first-order valence-corrected chi connectivity index (χ1v) is 7.36. The molecule has 102 valence electrons. The molecule has 2 aromatic carbocycles. The summed E-state index contributed by atoms with van der Waals surface area (Å²) in [5.74, 6) is 0.417. The minimum Gasteiger partial charge on any atom is -0.330 e. The summed E-state index contributed by atoms with van der Waals surface area (Å²) in [5.41, 5.74) is 4.24. The third-order valence-electron chi connectivity index (χ3n) is 3.45. The number of aromatic nitrogens is 2. The molecular weight excluding hydrogens is 288 g/mol. The monoisotopic (exact) mass is 302 g/mol. The van der Waals surface area contributed by atoms with Crippen LogP contribution >= 0.6 is 23.8 Å². The van der Waals surface area contributed by atoms with Gasteiger partial charge < -0.3 is 4.98 Å². The van der Waals surface area contributed by atoms with Crippen LogP contribution in [0.5, 0.6) is 0 Å². The van der Waals surface area contributed by atoms with Gasteiger partial charge in [-0.3, -0.25) is 4.57 Å². The van der Waals surface area contributed by atoms with E-state index in [1.54, 1.807) is 0 Å². The first kappa shape index (κ1) is 13.4. The highest BCUT2D eigenvalue weighted by molar-refractivity contribution is 7.71. The Bertz CT molecular complexity index is 830. The van der Waals surface area contributed by atoms with Crippen LogP contribution in [0.25, 0.3) is 16.7 Å². The molecule has 0 amide bonds. The molecule has 4 heteroatoms. The molecule has 20 heavy (non-hydrogen) atoms. The fourth-order valence-electron chi connectivity index (χ4n) is 2.53. The normalized spacial score (nSPS) is 11.4. The second kappa shape index (κ2) is 5.08. The zero-order valence-electron chi connectivity index (χ0n) is 11.4. The molecule has 0 aliphatic carbocycles. The van der Waals surface area contributed by atoms with Crippen molar-refractivity contribution < 1.29 is 0 Å². The summed E-state index contributed by atoms with van der Waals surface area (Å²) in [4.78, 5) is 3.23. The molecule has 3 rings (SSSR count). The van der Waals surface area contributed by atoms with Gasteiger partial charge in [0, 0.05) is 0 Å². The maximum absolute atomic E-state index is 6.37. The average Bonchev–Trinajstić information content (AvgIpc) is 2.76. The van der Waals surface area contributed by atoms with Gasteiger partial charge in [0.2, 0.25) is 0 Å². The van der Waals surface area contributed by atoms with Gasteiger partial charge in [0.25, 0.3) is 0 Å². The summed E-state index contributed by atoms with van der Waals surface area (Å²) in [7, 11) is 0. The number of benzene rings is 2. The number of H-pyrrole nitrogens is 1. The van der Waals surface area contributed by atoms with Gasteiger partial charge >= 0.3 is 0 Å². The van der Waals surface area contributed by atoms with Gasteiger partial charge in [-0.2, -0.15) is 0 Å². The van der Waals surface area contributed by atoms with E-state index in [4.69, 9.17) is 23.8 Å². The smallest absolute Gasteiger partial charge is 0.182 e. The van der Waals surface area contributed by atoms with Gasteiger partial charge in [-0.25, -0.2) is 0 Å². The summed E-state index contributed by atoms with van der Waals surface area (Å²) >= 11 is 11.9. The van der Waals surface area contributed by atoms with E-state index in [2.05, 4.69) is 37.0 Å². The second-order valence-electron chi connectivity index (χ2n) is 5.12. The van der Waals surface area contributed by atoms with E-state index in [1.165, 1.54) is 5.56 Å². The highest BCUT2D eigenvalue weighted by Crippen LogP contribution is 2.30. The Morgan fingerprint density at radius 3 is 2.60 bits per heavy atom. The van der Waals surface area contributed by atoms with Crippen molar-refractivity contribution in [2.24, 2.45) is 0 Å². The lowest BCUT2D eigenvalue weighted by atomic mass is 10.0. The molecule has 0 aliphatic rings. The quantitative estimate of drug-likeness (QED) is 0.623. The van der Waals surface area contributed by atoms with Crippen molar-refractivity contribution in [3.8, 4) is 5.69 Å². The first-order chi connectivity index (χ1) is 9.59. The lowest BCUT2D eigenvalue weighted by molar-refractivity contribution is 0.848. The molecule has 1 N–H and O–H groups in total. The molecule has 1 heterocycles. The molecule has 0 spiro atoms. The fraction of sp³-hybridized carbons (Fsp3) is 0.188. The number of nitrogens with zero attached hydrogens (tertiary/aromatic N) is 1. The number of para-hydroxylation sites is 2. The molecule has 0 aliphatic heterocycles. The molecule has 3 aromatic rings. The lowest BCUT2D eigenvalue weighted by Gasteiger charge is -2.14. The molecular formula is C16H15ClN2S. The van der Waals surface area contributed by atoms with Crippen molar-refractivity contribution in [1.29, 1.82) is 0 Å². The van der Waals surface area contributed by atoms with Gasteiger partial charge in [-0.15, -0.1) is 0 Å². The SMILES string of the molecule is CC(C)c1ccccc1-n1c(=S)[nH]c2cccc(Cl)c21. The topological polar surface area (TPSA) is 20.7 Å². The summed E-state index contributed by atoms with van der Waals surface area (Å²) in [5, 5.41) is 0.702. The zero-order chi connectivity index (χ0) is 14.3. The Morgan fingerprint density at radius 1 is 1.10 bits per heavy atom. The van der Waals surface area contributed by atoms with Crippen molar-refractivity contribution in [2.75, 3.05) is 0 Å². The number of hydrogen-bond acceptors (Lipinski definition) is 1. The van der Waals surface area contributed by atoms with Crippen LogP contribution in [0.1, 0.15) is 25.3 Å². The Kier molecular flexibility index (Phi) is 3.40. The van der Waals surface area contributed by atoms with E-state index in [-0.39, 0.29) is 0 Å². The van der Waals surface area contributed by atoms with Crippen molar-refractivity contribution in [2.45, 2.75) is 19.8 Å². The van der Waals surface area contributed by atoms with Crippen molar-refractivity contribution in [3.05, 3.63) is 57.8 Å². The van der Waals surface area contributed by atoms with E-state index in [9.17, 15) is 0 Å². The number of hydrogen-bond donors (Lipinski definition) is 1. The Morgan fingerprint density at radius 2 is 1.85 bits per heavy atom. The highest BCUT2D eigenvalue weighted by Gasteiger charge is 2.13. The van der Waals surface area contributed by atoms with Crippen molar-refractivity contribution in [3.63, 3.8) is 0 Å². The lowest BCUT2D eigenvalue weighted by Crippen LogP contribution is -2.01. The minimum atomic E-state index is 0.417. The summed E-state index contributed by atoms with van der Waals surface area (Å²) < 4.78 is 2.70. The van der Waals surface area contributed by atoms with Crippen molar-refractivity contribution >= 4 is 34.9 Å². The average molecular weight is 303 g/mol. The third kappa shape index (κ3) is 2.07. The van der Waals surface area contributed by atoms with E-state index in [0.29, 0.717) is 15.7 Å². The third-order valence-corrected chi connectivity index (χ3v) is 4.04. The summed E-state index contributed by atoms with van der Waals surface area (Å²) in [6.07, 6.45) is 0. The number of fused-ring (bicyclic) bond motifs is 1. The maximum Gasteiger partial charge on any atom is 0.182 e. The van der Waals surface area contributed by atoms with Gasteiger partial charge in [-0.1, -0.05) is 49.7 Å². The predicted octanol–water partition coefficient (Wildman–Crippen LogP) is 5.46. The molecule has 0 saturated carbocycles. The van der Waals surface area contributed by atoms with Crippen LogP contribution in [0.3, 0.4) is 0 Å². The second-order valence-corrected chi connectivity index (χ2v) is 5.91. The predicted molar refractivity (Wildman–Crippen MR) is 87.6 cm³/mol. The maximum atomic E-state index is 6.37. The number of imidazole rings is 1. The number of nitrogens with one attached hydrogen (secondary N) is 1. The largest absolute Gasteiger partial charge is 0.330 e. The summed E-state index contributed by atoms with van der Waals surface area (Å²) in [6, 6.07) is 14.1. The molecule has 0 atom stereocenters. The van der Waals surface area contributed by atoms with Crippen LogP contribution < -0.4 is 0 Å². The fourth-order valence-corrected chi connectivity index (χ4v) is 3.08. The van der Waals surface area contributed by atoms with Gasteiger partial charge in [0.05, 0.1) is 21.7 Å². The van der Waals surface area contributed by atoms with Gasteiger partial charge in [0.15, 0.2) is 4.77 Å². The Labute approximate surface area is 128 Å². The van der Waals surface area contributed by atoms with Crippen molar-refractivity contribution in [1.82, 2.24) is 9.55 Å². The Hall–Kier alpha value is -1.58. The number of aromatic amines is 1.